The van der Waals surface area contributed by atoms with Gasteiger partial charge in [-0.15, -0.1) is 5.10 Å². The second-order valence-electron chi connectivity index (χ2n) is 3.41. The van der Waals surface area contributed by atoms with Gasteiger partial charge >= 0.3 is 5.97 Å². The molecule has 0 unspecified atom stereocenters. The van der Waals surface area contributed by atoms with E-state index in [0.717, 1.165) is 20.7 Å². The molecule has 2 aromatic heterocycles. The highest BCUT2D eigenvalue weighted by Crippen LogP contribution is 2.21. The SMILES string of the molecule is Cc1nn(-c2nnn(CC(=O)O)n2)c(C)c1Br. The summed E-state index contributed by atoms with van der Waals surface area (Å²) in [7, 11) is 0. The Morgan fingerprint density at radius 2 is 2.12 bits per heavy atom. The molecule has 9 heteroatoms. The van der Waals surface area contributed by atoms with Crippen LogP contribution in [0.5, 0.6) is 0 Å². The van der Waals surface area contributed by atoms with Gasteiger partial charge in [-0.2, -0.15) is 14.6 Å². The minimum atomic E-state index is -1.02. The number of nitrogens with zero attached hydrogens (tertiary/aromatic N) is 6. The van der Waals surface area contributed by atoms with Gasteiger partial charge in [0.15, 0.2) is 6.54 Å². The van der Waals surface area contributed by atoms with Gasteiger partial charge in [-0.05, 0) is 35.0 Å². The summed E-state index contributed by atoms with van der Waals surface area (Å²) in [6.07, 6.45) is 0. The Bertz CT molecular complexity index is 575. The quantitative estimate of drug-likeness (QED) is 0.876. The summed E-state index contributed by atoms with van der Waals surface area (Å²) in [5.41, 5.74) is 1.63. The van der Waals surface area contributed by atoms with Crippen molar-refractivity contribution in [1.29, 1.82) is 0 Å². The first-order valence-corrected chi connectivity index (χ1v) is 5.50. The smallest absolute Gasteiger partial charge is 0.327 e. The first-order valence-electron chi connectivity index (χ1n) is 4.70. The molecule has 0 aromatic carbocycles. The van der Waals surface area contributed by atoms with Crippen LogP contribution in [0.25, 0.3) is 5.95 Å². The van der Waals surface area contributed by atoms with Crippen molar-refractivity contribution in [3.63, 3.8) is 0 Å². The van der Waals surface area contributed by atoms with Crippen LogP contribution in [-0.2, 0) is 11.3 Å². The molecule has 0 fully saturated rings. The number of hydrogen-bond donors (Lipinski definition) is 1. The number of aromatic nitrogens is 6. The van der Waals surface area contributed by atoms with E-state index in [-0.39, 0.29) is 12.5 Å². The number of halogens is 1. The monoisotopic (exact) mass is 300 g/mol. The molecule has 0 saturated heterocycles. The normalized spacial score (nSPS) is 10.8. The molecule has 0 atom stereocenters. The van der Waals surface area contributed by atoms with Crippen molar-refractivity contribution in [3.8, 4) is 5.95 Å². The molecule has 1 N–H and O–H groups in total. The average molecular weight is 301 g/mol. The summed E-state index contributed by atoms with van der Waals surface area (Å²) >= 11 is 3.38. The number of aliphatic carboxylic acids is 1. The van der Waals surface area contributed by atoms with E-state index in [1.807, 2.05) is 13.8 Å². The van der Waals surface area contributed by atoms with Crippen molar-refractivity contribution in [2.45, 2.75) is 20.4 Å². The molecule has 2 heterocycles. The van der Waals surface area contributed by atoms with Crippen molar-refractivity contribution in [2.24, 2.45) is 0 Å². The van der Waals surface area contributed by atoms with Crippen LogP contribution in [0.2, 0.25) is 0 Å². The van der Waals surface area contributed by atoms with Crippen LogP contribution in [0.3, 0.4) is 0 Å². The number of carboxylic acid groups (broad SMARTS) is 1. The summed E-state index contributed by atoms with van der Waals surface area (Å²) in [4.78, 5) is 11.5. The van der Waals surface area contributed by atoms with Crippen LogP contribution < -0.4 is 0 Å². The summed E-state index contributed by atoms with van der Waals surface area (Å²) in [5.74, 6) is -0.777. The molecule has 2 aromatic rings. The topological polar surface area (TPSA) is 98.7 Å². The number of rotatable bonds is 3. The van der Waals surface area contributed by atoms with Crippen molar-refractivity contribution in [3.05, 3.63) is 15.9 Å². The van der Waals surface area contributed by atoms with Crippen molar-refractivity contribution in [1.82, 2.24) is 30.0 Å². The number of carbonyl (C=O) groups is 1. The van der Waals surface area contributed by atoms with E-state index in [4.69, 9.17) is 5.11 Å². The van der Waals surface area contributed by atoms with Gasteiger partial charge in [-0.3, -0.25) is 4.79 Å². The first kappa shape index (κ1) is 11.7. The third-order valence-corrected chi connectivity index (χ3v) is 3.26. The Balaban J connectivity index is 2.37. The van der Waals surface area contributed by atoms with Crippen LogP contribution in [-0.4, -0.2) is 41.1 Å². The number of aryl methyl sites for hydroxylation is 1. The predicted octanol–water partition coefficient (Wildman–Crippen LogP) is 0.323. The van der Waals surface area contributed by atoms with E-state index in [9.17, 15) is 4.79 Å². The van der Waals surface area contributed by atoms with Crippen LogP contribution in [0.4, 0.5) is 0 Å². The van der Waals surface area contributed by atoms with Crippen molar-refractivity contribution < 1.29 is 9.90 Å². The maximum absolute atomic E-state index is 10.5. The molecule has 90 valence electrons. The lowest BCUT2D eigenvalue weighted by Gasteiger charge is -1.95. The van der Waals surface area contributed by atoms with Gasteiger partial charge in [0.2, 0.25) is 0 Å². The molecular weight excluding hydrogens is 292 g/mol. The van der Waals surface area contributed by atoms with Crippen molar-refractivity contribution >= 4 is 21.9 Å². The second kappa shape index (κ2) is 4.24. The highest BCUT2D eigenvalue weighted by atomic mass is 79.9. The lowest BCUT2D eigenvalue weighted by molar-refractivity contribution is -0.138. The molecule has 0 aliphatic rings. The highest BCUT2D eigenvalue weighted by molar-refractivity contribution is 9.10. The predicted molar refractivity (Wildman–Crippen MR) is 59.7 cm³/mol. The first-order chi connectivity index (χ1) is 7.99. The molecule has 0 aliphatic heterocycles. The van der Waals surface area contributed by atoms with Gasteiger partial charge in [0.25, 0.3) is 5.95 Å². The minimum absolute atomic E-state index is 0.248. The Labute approximate surface area is 104 Å². The van der Waals surface area contributed by atoms with Crippen LogP contribution in [0.1, 0.15) is 11.4 Å². The number of carboxylic acids is 1. The molecule has 0 bridgehead atoms. The molecule has 0 aliphatic carbocycles. The number of tetrazole rings is 1. The van der Waals surface area contributed by atoms with Gasteiger partial charge in [0.1, 0.15) is 0 Å². The molecule has 0 saturated carbocycles. The summed E-state index contributed by atoms with van der Waals surface area (Å²) < 4.78 is 2.37. The van der Waals surface area contributed by atoms with Crippen LogP contribution in [0.15, 0.2) is 4.47 Å². The van der Waals surface area contributed by atoms with Gasteiger partial charge in [0.05, 0.1) is 15.9 Å². The average Bonchev–Trinajstić information content (AvgIpc) is 2.78. The van der Waals surface area contributed by atoms with Crippen LogP contribution >= 0.6 is 15.9 Å². The fourth-order valence-corrected chi connectivity index (χ4v) is 1.57. The van der Waals surface area contributed by atoms with Gasteiger partial charge in [-0.25, -0.2) is 0 Å². The molecule has 8 nitrogen and oxygen atoms in total. The molecule has 17 heavy (non-hydrogen) atoms. The fourth-order valence-electron chi connectivity index (χ4n) is 1.33. The van der Waals surface area contributed by atoms with Crippen molar-refractivity contribution in [2.75, 3.05) is 0 Å². The van der Waals surface area contributed by atoms with E-state index in [1.165, 1.54) is 4.68 Å². The molecule has 0 amide bonds. The Morgan fingerprint density at radius 3 is 2.65 bits per heavy atom. The maximum atomic E-state index is 10.5. The lowest BCUT2D eigenvalue weighted by Crippen LogP contribution is -2.12. The fraction of sp³-hybridized carbons (Fsp3) is 0.375. The standard InChI is InChI=1S/C8H9BrN6O2/c1-4-7(9)5(2)15(11-4)8-10-13-14(12-8)3-6(16)17/h3H2,1-2H3,(H,16,17). The van der Waals surface area contributed by atoms with E-state index in [0.29, 0.717) is 0 Å². The Hall–Kier alpha value is -1.77. The Kier molecular flexibility index (Phi) is 2.92. The zero-order valence-corrected chi connectivity index (χ0v) is 10.7. The Morgan fingerprint density at radius 1 is 1.41 bits per heavy atom. The molecular formula is C8H9BrN6O2. The molecule has 0 radical (unpaired) electrons. The lowest BCUT2D eigenvalue weighted by atomic mass is 10.4. The third-order valence-electron chi connectivity index (χ3n) is 2.11. The summed E-state index contributed by atoms with van der Waals surface area (Å²) in [5, 5.41) is 24.1. The number of hydrogen-bond acceptors (Lipinski definition) is 5. The van der Waals surface area contributed by atoms with E-state index < -0.39 is 5.97 Å². The largest absolute Gasteiger partial charge is 0.480 e. The van der Waals surface area contributed by atoms with Gasteiger partial charge in [0, 0.05) is 0 Å². The molecule has 0 spiro atoms. The minimum Gasteiger partial charge on any atom is -0.480 e. The zero-order valence-electron chi connectivity index (χ0n) is 9.12. The van der Waals surface area contributed by atoms with Gasteiger partial charge < -0.3 is 5.11 Å². The van der Waals surface area contributed by atoms with E-state index >= 15 is 0 Å². The van der Waals surface area contributed by atoms with E-state index in [2.05, 4.69) is 36.4 Å². The summed E-state index contributed by atoms with van der Waals surface area (Å²) in [6.45, 7) is 3.37. The maximum Gasteiger partial charge on any atom is 0.327 e. The highest BCUT2D eigenvalue weighted by Gasteiger charge is 2.14. The van der Waals surface area contributed by atoms with Crippen LogP contribution in [0, 0.1) is 13.8 Å². The second-order valence-corrected chi connectivity index (χ2v) is 4.20. The summed E-state index contributed by atoms with van der Waals surface area (Å²) in [6, 6.07) is 0. The molecule has 2 rings (SSSR count). The van der Waals surface area contributed by atoms with Gasteiger partial charge in [-0.1, -0.05) is 5.10 Å². The zero-order chi connectivity index (χ0) is 12.6. The third kappa shape index (κ3) is 2.18. The van der Waals surface area contributed by atoms with E-state index in [1.54, 1.807) is 0 Å².